The second kappa shape index (κ2) is 8.29. The first-order chi connectivity index (χ1) is 10.4. The lowest BCUT2D eigenvalue weighted by Crippen LogP contribution is -2.45. The SMILES string of the molecule is Cl.Cl.c1ccc2nc([C@@H](CC3CC3)N3CCNCC3)ccc2c1. The maximum absolute atomic E-state index is 4.97. The molecule has 0 radical (unpaired) electrons. The van der Waals surface area contributed by atoms with Gasteiger partial charge in [0.15, 0.2) is 0 Å². The highest BCUT2D eigenvalue weighted by Crippen LogP contribution is 2.40. The molecule has 1 aromatic heterocycles. The summed E-state index contributed by atoms with van der Waals surface area (Å²) in [5.74, 6) is 0.929. The van der Waals surface area contributed by atoms with Crippen molar-refractivity contribution in [1.29, 1.82) is 0 Å². The molecule has 1 aliphatic heterocycles. The average molecular weight is 354 g/mol. The number of rotatable bonds is 4. The summed E-state index contributed by atoms with van der Waals surface area (Å²) in [6.07, 6.45) is 4.11. The van der Waals surface area contributed by atoms with Gasteiger partial charge in [0, 0.05) is 31.6 Å². The van der Waals surface area contributed by atoms with Crippen molar-refractivity contribution in [2.75, 3.05) is 26.2 Å². The molecule has 3 nitrogen and oxygen atoms in total. The Balaban J connectivity index is 0.000000960. The van der Waals surface area contributed by atoms with Crippen LogP contribution in [0.2, 0.25) is 0 Å². The Bertz CT molecular complexity index is 624. The number of halogens is 2. The third-order valence-electron chi connectivity index (χ3n) is 4.81. The second-order valence-electron chi connectivity index (χ2n) is 6.41. The predicted octanol–water partition coefficient (Wildman–Crippen LogP) is 3.82. The second-order valence-corrected chi connectivity index (χ2v) is 6.41. The van der Waals surface area contributed by atoms with Crippen LogP contribution in [0.1, 0.15) is 31.0 Å². The van der Waals surface area contributed by atoms with Gasteiger partial charge in [0.25, 0.3) is 0 Å². The Labute approximate surface area is 150 Å². The third-order valence-corrected chi connectivity index (χ3v) is 4.81. The minimum atomic E-state index is 0. The van der Waals surface area contributed by atoms with Crippen LogP contribution in [0.3, 0.4) is 0 Å². The zero-order valence-corrected chi connectivity index (χ0v) is 14.9. The van der Waals surface area contributed by atoms with Crippen molar-refractivity contribution in [2.24, 2.45) is 5.92 Å². The molecule has 23 heavy (non-hydrogen) atoms. The molecular weight excluding hydrogens is 329 g/mol. The number of hydrogen-bond acceptors (Lipinski definition) is 3. The average Bonchev–Trinajstić information content (AvgIpc) is 3.37. The molecule has 2 aromatic rings. The summed E-state index contributed by atoms with van der Waals surface area (Å²) in [5.41, 5.74) is 2.40. The van der Waals surface area contributed by atoms with E-state index in [0.717, 1.165) is 37.6 Å². The molecule has 1 N–H and O–H groups in total. The van der Waals surface area contributed by atoms with E-state index in [1.54, 1.807) is 0 Å². The summed E-state index contributed by atoms with van der Waals surface area (Å²) >= 11 is 0. The van der Waals surface area contributed by atoms with Gasteiger partial charge in [-0.05, 0) is 24.5 Å². The van der Waals surface area contributed by atoms with Gasteiger partial charge in [-0.25, -0.2) is 0 Å². The first kappa shape index (κ1) is 18.5. The molecule has 1 atom stereocenters. The predicted molar refractivity (Wildman–Crippen MR) is 101 cm³/mol. The van der Waals surface area contributed by atoms with Crippen LogP contribution < -0.4 is 5.32 Å². The number of nitrogens with zero attached hydrogens (tertiary/aromatic N) is 2. The Hall–Kier alpha value is -0.870. The van der Waals surface area contributed by atoms with Gasteiger partial charge in [0.1, 0.15) is 0 Å². The summed E-state index contributed by atoms with van der Waals surface area (Å²) in [6, 6.07) is 13.4. The van der Waals surface area contributed by atoms with Crippen LogP contribution in [-0.2, 0) is 0 Å². The van der Waals surface area contributed by atoms with E-state index in [1.807, 2.05) is 0 Å². The summed E-state index contributed by atoms with van der Waals surface area (Å²) in [7, 11) is 0. The first-order valence-electron chi connectivity index (χ1n) is 8.20. The van der Waals surface area contributed by atoms with Gasteiger partial charge in [-0.2, -0.15) is 0 Å². The Morgan fingerprint density at radius 1 is 1.04 bits per heavy atom. The van der Waals surface area contributed by atoms with Crippen molar-refractivity contribution < 1.29 is 0 Å². The van der Waals surface area contributed by atoms with Crippen LogP contribution >= 0.6 is 24.8 Å². The van der Waals surface area contributed by atoms with E-state index < -0.39 is 0 Å². The van der Waals surface area contributed by atoms with E-state index in [-0.39, 0.29) is 24.8 Å². The van der Waals surface area contributed by atoms with Crippen LogP contribution in [0.5, 0.6) is 0 Å². The van der Waals surface area contributed by atoms with Crippen molar-refractivity contribution in [3.05, 3.63) is 42.1 Å². The standard InChI is InChI=1S/C18H23N3.2ClH/c1-2-4-16-15(3-1)7-8-17(20-16)18(13-14-5-6-14)21-11-9-19-10-12-21;;/h1-4,7-8,14,18-19H,5-6,9-13H2;2*1H/t18-;;/m1../s1. The van der Waals surface area contributed by atoms with Crippen molar-refractivity contribution >= 4 is 35.7 Å². The van der Waals surface area contributed by atoms with E-state index in [4.69, 9.17) is 4.98 Å². The molecule has 126 valence electrons. The number of hydrogen-bond donors (Lipinski definition) is 1. The lowest BCUT2D eigenvalue weighted by molar-refractivity contribution is 0.157. The quantitative estimate of drug-likeness (QED) is 0.905. The lowest BCUT2D eigenvalue weighted by atomic mass is 10.0. The zero-order valence-electron chi connectivity index (χ0n) is 13.3. The molecule has 1 aliphatic carbocycles. The number of piperazine rings is 1. The number of aromatic nitrogens is 1. The fraction of sp³-hybridized carbons (Fsp3) is 0.500. The summed E-state index contributed by atoms with van der Waals surface area (Å²) in [6.45, 7) is 4.50. The number of fused-ring (bicyclic) bond motifs is 1. The minimum absolute atomic E-state index is 0. The van der Waals surface area contributed by atoms with Crippen LogP contribution in [0, 0.1) is 5.92 Å². The smallest absolute Gasteiger partial charge is 0.0706 e. The number of nitrogens with one attached hydrogen (secondary N) is 1. The molecule has 1 aromatic carbocycles. The maximum atomic E-state index is 4.97. The van der Waals surface area contributed by atoms with Crippen LogP contribution in [0.15, 0.2) is 36.4 Å². The molecule has 0 bridgehead atoms. The molecule has 2 fully saturated rings. The molecule has 0 spiro atoms. The Morgan fingerprint density at radius 3 is 2.52 bits per heavy atom. The van der Waals surface area contributed by atoms with E-state index in [1.165, 1.54) is 30.3 Å². The van der Waals surface area contributed by atoms with E-state index >= 15 is 0 Å². The fourth-order valence-electron chi connectivity index (χ4n) is 3.39. The zero-order chi connectivity index (χ0) is 14.1. The molecular formula is C18H25Cl2N3. The fourth-order valence-corrected chi connectivity index (χ4v) is 3.39. The van der Waals surface area contributed by atoms with Gasteiger partial charge in [0.2, 0.25) is 0 Å². The number of para-hydroxylation sites is 1. The van der Waals surface area contributed by atoms with Crippen molar-refractivity contribution in [3.8, 4) is 0 Å². The normalized spacial score (nSPS) is 19.7. The lowest BCUT2D eigenvalue weighted by Gasteiger charge is -2.35. The van der Waals surface area contributed by atoms with Gasteiger partial charge in [-0.1, -0.05) is 37.1 Å². The van der Waals surface area contributed by atoms with E-state index in [9.17, 15) is 0 Å². The van der Waals surface area contributed by atoms with Gasteiger partial charge < -0.3 is 5.32 Å². The summed E-state index contributed by atoms with van der Waals surface area (Å²) in [5, 5.41) is 4.70. The van der Waals surface area contributed by atoms with Gasteiger partial charge >= 0.3 is 0 Å². The highest BCUT2D eigenvalue weighted by atomic mass is 35.5. The monoisotopic (exact) mass is 353 g/mol. The van der Waals surface area contributed by atoms with E-state index in [0.29, 0.717) is 6.04 Å². The largest absolute Gasteiger partial charge is 0.314 e. The van der Waals surface area contributed by atoms with Crippen molar-refractivity contribution in [2.45, 2.75) is 25.3 Å². The molecule has 4 rings (SSSR count). The molecule has 5 heteroatoms. The van der Waals surface area contributed by atoms with Gasteiger partial charge in [0.05, 0.1) is 17.3 Å². The molecule has 0 unspecified atom stereocenters. The van der Waals surface area contributed by atoms with Gasteiger partial charge in [-0.3, -0.25) is 9.88 Å². The number of pyridine rings is 1. The number of benzene rings is 1. The van der Waals surface area contributed by atoms with Crippen LogP contribution in [0.4, 0.5) is 0 Å². The van der Waals surface area contributed by atoms with Crippen LogP contribution in [-0.4, -0.2) is 36.1 Å². The molecule has 0 amide bonds. The van der Waals surface area contributed by atoms with Gasteiger partial charge in [-0.15, -0.1) is 24.8 Å². The topological polar surface area (TPSA) is 28.2 Å². The molecule has 1 saturated heterocycles. The third kappa shape index (κ3) is 4.36. The Kier molecular flexibility index (Phi) is 6.66. The van der Waals surface area contributed by atoms with E-state index in [2.05, 4.69) is 46.6 Å². The minimum Gasteiger partial charge on any atom is -0.314 e. The first-order valence-corrected chi connectivity index (χ1v) is 8.20. The van der Waals surface area contributed by atoms with Crippen LogP contribution in [0.25, 0.3) is 10.9 Å². The maximum Gasteiger partial charge on any atom is 0.0706 e. The summed E-state index contributed by atoms with van der Waals surface area (Å²) < 4.78 is 0. The Morgan fingerprint density at radius 2 is 1.78 bits per heavy atom. The highest BCUT2D eigenvalue weighted by Gasteiger charge is 2.31. The molecule has 2 heterocycles. The van der Waals surface area contributed by atoms with Crippen molar-refractivity contribution in [3.63, 3.8) is 0 Å². The highest BCUT2D eigenvalue weighted by molar-refractivity contribution is 5.85. The molecule has 2 aliphatic rings. The van der Waals surface area contributed by atoms with Crippen molar-refractivity contribution in [1.82, 2.24) is 15.2 Å². The summed E-state index contributed by atoms with van der Waals surface area (Å²) in [4.78, 5) is 7.60. The molecule has 1 saturated carbocycles.